The van der Waals surface area contributed by atoms with Gasteiger partial charge in [-0.2, -0.15) is 4.31 Å². The van der Waals surface area contributed by atoms with Crippen molar-refractivity contribution >= 4 is 15.7 Å². The molecule has 0 atom stereocenters. The van der Waals surface area contributed by atoms with Crippen LogP contribution in [-0.4, -0.2) is 40.0 Å². The van der Waals surface area contributed by atoms with E-state index < -0.39 is 10.0 Å². The first kappa shape index (κ1) is 20.8. The lowest BCUT2D eigenvalue weighted by atomic mass is 10.2. The van der Waals surface area contributed by atoms with E-state index in [1.807, 2.05) is 0 Å². The highest BCUT2D eigenvalue weighted by atomic mass is 32.2. The van der Waals surface area contributed by atoms with Gasteiger partial charge in [0.1, 0.15) is 17.8 Å². The Balaban J connectivity index is 2.30. The summed E-state index contributed by atoms with van der Waals surface area (Å²) in [6, 6.07) is 5.91. The number of benzene rings is 1. The summed E-state index contributed by atoms with van der Waals surface area (Å²) in [4.78, 5) is 12.0. The third-order valence-electron chi connectivity index (χ3n) is 4.04. The molecular formula is C18H24N2O6S. The summed E-state index contributed by atoms with van der Waals surface area (Å²) in [5.74, 6) is 0.966. The first-order chi connectivity index (χ1) is 12.9. The molecule has 0 unspecified atom stereocenters. The number of nitrogens with one attached hydrogen (secondary N) is 1. The summed E-state index contributed by atoms with van der Waals surface area (Å²) in [5.41, 5.74) is 0.176. The van der Waals surface area contributed by atoms with Gasteiger partial charge >= 0.3 is 0 Å². The van der Waals surface area contributed by atoms with E-state index in [-0.39, 0.29) is 22.6 Å². The van der Waals surface area contributed by atoms with Crippen LogP contribution in [0.1, 0.15) is 19.6 Å². The van der Waals surface area contributed by atoms with E-state index in [2.05, 4.69) is 5.32 Å². The second-order valence-electron chi connectivity index (χ2n) is 5.58. The fourth-order valence-electron chi connectivity index (χ4n) is 2.56. The van der Waals surface area contributed by atoms with Crippen molar-refractivity contribution in [3.63, 3.8) is 0 Å². The van der Waals surface area contributed by atoms with Gasteiger partial charge in [-0.3, -0.25) is 4.79 Å². The quantitative estimate of drug-likeness (QED) is 0.694. The van der Waals surface area contributed by atoms with Crippen molar-refractivity contribution in [2.75, 3.05) is 32.6 Å². The molecule has 0 amide bonds. The maximum absolute atomic E-state index is 12.7. The summed E-state index contributed by atoms with van der Waals surface area (Å²) in [6.45, 7) is 4.50. The molecule has 0 fully saturated rings. The molecule has 1 aromatic carbocycles. The Morgan fingerprint density at radius 1 is 1.07 bits per heavy atom. The Kier molecular flexibility index (Phi) is 6.86. The molecular weight excluding hydrogens is 372 g/mol. The van der Waals surface area contributed by atoms with Crippen LogP contribution >= 0.6 is 0 Å². The van der Waals surface area contributed by atoms with Crippen LogP contribution in [0.4, 0.5) is 5.69 Å². The molecule has 0 spiro atoms. The Morgan fingerprint density at radius 2 is 1.74 bits per heavy atom. The van der Waals surface area contributed by atoms with Gasteiger partial charge in [0.25, 0.3) is 0 Å². The Labute approximate surface area is 158 Å². The highest BCUT2D eigenvalue weighted by Gasteiger charge is 2.22. The topological polar surface area (TPSA) is 98.1 Å². The second-order valence-corrected chi connectivity index (χ2v) is 7.52. The SMILES string of the molecule is CCN(CC)S(=O)(=O)c1ccc(OC)c(NCc2cc(=O)c(OC)co2)c1. The zero-order valence-electron chi connectivity index (χ0n) is 15.8. The number of methoxy groups -OCH3 is 2. The molecule has 0 aliphatic rings. The number of anilines is 1. The Morgan fingerprint density at radius 3 is 2.30 bits per heavy atom. The van der Waals surface area contributed by atoms with Crippen LogP contribution in [0.15, 0.2) is 44.6 Å². The van der Waals surface area contributed by atoms with Crippen LogP contribution in [0, 0.1) is 0 Å². The molecule has 1 N–H and O–H groups in total. The zero-order valence-corrected chi connectivity index (χ0v) is 16.6. The molecule has 2 aromatic rings. The molecule has 0 radical (unpaired) electrons. The molecule has 8 nitrogen and oxygen atoms in total. The first-order valence-electron chi connectivity index (χ1n) is 8.45. The maximum Gasteiger partial charge on any atom is 0.243 e. The van der Waals surface area contributed by atoms with Crippen LogP contribution in [0.2, 0.25) is 0 Å². The van der Waals surface area contributed by atoms with E-state index in [1.165, 1.54) is 43.0 Å². The highest BCUT2D eigenvalue weighted by Crippen LogP contribution is 2.29. The molecule has 0 aliphatic carbocycles. The number of hydrogen-bond acceptors (Lipinski definition) is 7. The molecule has 9 heteroatoms. The average Bonchev–Trinajstić information content (AvgIpc) is 2.67. The van der Waals surface area contributed by atoms with E-state index in [0.29, 0.717) is 30.3 Å². The lowest BCUT2D eigenvalue weighted by Gasteiger charge is -2.19. The smallest absolute Gasteiger partial charge is 0.243 e. The molecule has 27 heavy (non-hydrogen) atoms. The van der Waals surface area contributed by atoms with Crippen molar-refractivity contribution in [2.24, 2.45) is 0 Å². The van der Waals surface area contributed by atoms with Crippen LogP contribution in [-0.2, 0) is 16.6 Å². The van der Waals surface area contributed by atoms with Gasteiger partial charge in [-0.05, 0) is 18.2 Å². The number of ether oxygens (including phenoxy) is 2. The third kappa shape index (κ3) is 4.61. The van der Waals surface area contributed by atoms with E-state index in [4.69, 9.17) is 13.9 Å². The van der Waals surface area contributed by atoms with E-state index in [9.17, 15) is 13.2 Å². The largest absolute Gasteiger partial charge is 0.495 e. The minimum Gasteiger partial charge on any atom is -0.495 e. The first-order valence-corrected chi connectivity index (χ1v) is 9.89. The van der Waals surface area contributed by atoms with Crippen LogP contribution in [0.3, 0.4) is 0 Å². The molecule has 148 valence electrons. The van der Waals surface area contributed by atoms with Gasteiger partial charge < -0.3 is 19.2 Å². The van der Waals surface area contributed by atoms with Crippen molar-refractivity contribution in [3.05, 3.63) is 46.5 Å². The lowest BCUT2D eigenvalue weighted by molar-refractivity contribution is 0.379. The van der Waals surface area contributed by atoms with Crippen LogP contribution in [0.5, 0.6) is 11.5 Å². The predicted octanol–water partition coefficient (Wildman–Crippen LogP) is 2.30. The molecule has 0 bridgehead atoms. The number of hydrogen-bond donors (Lipinski definition) is 1. The second kappa shape index (κ2) is 8.92. The number of nitrogens with zero attached hydrogens (tertiary/aromatic N) is 1. The van der Waals surface area contributed by atoms with Crippen molar-refractivity contribution in [3.8, 4) is 11.5 Å². The Bertz CT molecular complexity index is 935. The van der Waals surface area contributed by atoms with Crippen molar-refractivity contribution in [1.82, 2.24) is 4.31 Å². The molecule has 1 aromatic heterocycles. The van der Waals surface area contributed by atoms with Gasteiger partial charge in [0.15, 0.2) is 0 Å². The van der Waals surface area contributed by atoms with Crippen molar-refractivity contribution in [1.29, 1.82) is 0 Å². The number of rotatable bonds is 9. The minimum atomic E-state index is -3.60. The number of sulfonamides is 1. The Hall–Kier alpha value is -2.52. The van der Waals surface area contributed by atoms with Crippen LogP contribution in [0.25, 0.3) is 0 Å². The predicted molar refractivity (Wildman–Crippen MR) is 102 cm³/mol. The third-order valence-corrected chi connectivity index (χ3v) is 6.09. The molecule has 0 aliphatic heterocycles. The normalized spacial score (nSPS) is 11.4. The standard InChI is InChI=1S/C18H24N2O6S/c1-5-20(6-2)27(22,23)14-7-8-17(24-3)15(10-14)19-11-13-9-16(21)18(25-4)12-26-13/h7-10,12,19H,5-6,11H2,1-4H3. The van der Waals surface area contributed by atoms with Gasteiger partial charge in [0.05, 0.1) is 31.3 Å². The zero-order chi connectivity index (χ0) is 20.0. The van der Waals surface area contributed by atoms with E-state index >= 15 is 0 Å². The lowest BCUT2D eigenvalue weighted by Crippen LogP contribution is -2.30. The molecule has 0 saturated heterocycles. The maximum atomic E-state index is 12.7. The minimum absolute atomic E-state index is 0.114. The average molecular weight is 396 g/mol. The highest BCUT2D eigenvalue weighted by molar-refractivity contribution is 7.89. The summed E-state index contributed by atoms with van der Waals surface area (Å²) in [7, 11) is -0.721. The fraction of sp³-hybridized carbons (Fsp3) is 0.389. The summed E-state index contributed by atoms with van der Waals surface area (Å²) in [5, 5.41) is 3.05. The molecule has 1 heterocycles. The van der Waals surface area contributed by atoms with Crippen molar-refractivity contribution < 1.29 is 22.3 Å². The van der Waals surface area contributed by atoms with Gasteiger partial charge in [-0.25, -0.2) is 8.42 Å². The van der Waals surface area contributed by atoms with E-state index in [1.54, 1.807) is 19.9 Å². The molecule has 0 saturated carbocycles. The summed E-state index contributed by atoms with van der Waals surface area (Å²) < 4.78 is 42.3. The summed E-state index contributed by atoms with van der Waals surface area (Å²) in [6.07, 6.45) is 1.23. The van der Waals surface area contributed by atoms with Gasteiger partial charge in [-0.1, -0.05) is 13.8 Å². The van der Waals surface area contributed by atoms with E-state index in [0.717, 1.165) is 0 Å². The van der Waals surface area contributed by atoms with Gasteiger partial charge in [0.2, 0.25) is 21.2 Å². The fourth-order valence-corrected chi connectivity index (χ4v) is 4.05. The molecule has 2 rings (SSSR count). The monoisotopic (exact) mass is 396 g/mol. The van der Waals surface area contributed by atoms with Crippen molar-refractivity contribution in [2.45, 2.75) is 25.3 Å². The van der Waals surface area contributed by atoms with Gasteiger partial charge in [-0.15, -0.1) is 0 Å². The summed E-state index contributed by atoms with van der Waals surface area (Å²) >= 11 is 0. The van der Waals surface area contributed by atoms with Gasteiger partial charge in [0, 0.05) is 19.2 Å². The van der Waals surface area contributed by atoms with Crippen LogP contribution < -0.4 is 20.2 Å².